The molecule has 3 atom stereocenters. The highest BCUT2D eigenvalue weighted by Crippen LogP contribution is 2.44. The van der Waals surface area contributed by atoms with E-state index in [1.807, 2.05) is 0 Å². The van der Waals surface area contributed by atoms with Gasteiger partial charge in [-0.1, -0.05) is 72.6 Å². The van der Waals surface area contributed by atoms with Gasteiger partial charge in [0, 0.05) is 5.56 Å². The molecule has 0 fully saturated rings. The van der Waals surface area contributed by atoms with Gasteiger partial charge in [-0.05, 0) is 87.8 Å². The van der Waals surface area contributed by atoms with Crippen molar-refractivity contribution in [3.05, 3.63) is 22.3 Å². The molecule has 184 valence electrons. The molecule has 0 bridgehead atoms. The molecule has 2 nitrogen and oxygen atoms in total. The van der Waals surface area contributed by atoms with Gasteiger partial charge in [0.05, 0.1) is 7.11 Å². The second kappa shape index (κ2) is 12.3. The second-order valence-electron chi connectivity index (χ2n) is 11.6. The second-order valence-corrected chi connectivity index (χ2v) is 11.6. The van der Waals surface area contributed by atoms with E-state index in [0.717, 1.165) is 48.5 Å². The third kappa shape index (κ3) is 7.42. The first-order valence-corrected chi connectivity index (χ1v) is 13.4. The Morgan fingerprint density at radius 3 is 1.94 bits per heavy atom. The van der Waals surface area contributed by atoms with E-state index in [2.05, 4.69) is 55.4 Å². The summed E-state index contributed by atoms with van der Waals surface area (Å²) in [5.41, 5.74) is 5.07. The van der Waals surface area contributed by atoms with Crippen molar-refractivity contribution in [1.82, 2.24) is 0 Å². The highest BCUT2D eigenvalue weighted by Gasteiger charge is 2.34. The lowest BCUT2D eigenvalue weighted by Crippen LogP contribution is -2.37. The monoisotopic (exact) mass is 444 g/mol. The smallest absolute Gasteiger partial charge is 0.127 e. The van der Waals surface area contributed by atoms with Crippen molar-refractivity contribution in [1.29, 1.82) is 0 Å². The van der Waals surface area contributed by atoms with Crippen LogP contribution >= 0.6 is 0 Å². The van der Waals surface area contributed by atoms with E-state index in [4.69, 9.17) is 9.47 Å². The van der Waals surface area contributed by atoms with E-state index in [0.29, 0.717) is 0 Å². The molecule has 0 saturated heterocycles. The number of benzene rings is 1. The van der Waals surface area contributed by atoms with Crippen LogP contribution in [-0.4, -0.2) is 12.7 Å². The first-order valence-electron chi connectivity index (χ1n) is 13.4. The maximum atomic E-state index is 6.70. The van der Waals surface area contributed by atoms with E-state index in [-0.39, 0.29) is 5.60 Å². The van der Waals surface area contributed by atoms with Crippen molar-refractivity contribution in [3.63, 3.8) is 0 Å². The Morgan fingerprint density at radius 2 is 1.38 bits per heavy atom. The van der Waals surface area contributed by atoms with Gasteiger partial charge in [0.25, 0.3) is 0 Å². The number of ether oxygens (including phenoxy) is 2. The van der Waals surface area contributed by atoms with Gasteiger partial charge in [0.15, 0.2) is 0 Å². The van der Waals surface area contributed by atoms with Gasteiger partial charge in [-0.15, -0.1) is 0 Å². The molecular formula is C30H52O2. The van der Waals surface area contributed by atoms with Crippen molar-refractivity contribution >= 4 is 0 Å². The fourth-order valence-corrected chi connectivity index (χ4v) is 5.57. The van der Waals surface area contributed by atoms with E-state index in [1.165, 1.54) is 73.6 Å². The van der Waals surface area contributed by atoms with Crippen molar-refractivity contribution in [2.24, 2.45) is 17.8 Å². The molecule has 0 aliphatic carbocycles. The minimum atomic E-state index is -0.0319. The van der Waals surface area contributed by atoms with Crippen molar-refractivity contribution in [2.75, 3.05) is 7.11 Å². The summed E-state index contributed by atoms with van der Waals surface area (Å²) >= 11 is 0. The molecule has 1 aromatic carbocycles. The Morgan fingerprint density at radius 1 is 0.812 bits per heavy atom. The van der Waals surface area contributed by atoms with E-state index >= 15 is 0 Å². The molecule has 0 aromatic heterocycles. The van der Waals surface area contributed by atoms with Crippen molar-refractivity contribution in [3.8, 4) is 11.5 Å². The summed E-state index contributed by atoms with van der Waals surface area (Å²) in [7, 11) is 1.78. The summed E-state index contributed by atoms with van der Waals surface area (Å²) in [5.74, 6) is 4.74. The van der Waals surface area contributed by atoms with Crippen LogP contribution in [0, 0.1) is 38.5 Å². The molecule has 32 heavy (non-hydrogen) atoms. The third-order valence-corrected chi connectivity index (χ3v) is 8.04. The summed E-state index contributed by atoms with van der Waals surface area (Å²) < 4.78 is 12.4. The highest BCUT2D eigenvalue weighted by atomic mass is 16.5. The molecule has 1 aromatic rings. The average Bonchev–Trinajstić information content (AvgIpc) is 2.72. The SMILES string of the molecule is COc1c(C)c(C)c2c(c1C)CC[C@@](C)(CCC[C@H](C)CCCC(C)CCCC(C)C)O2. The largest absolute Gasteiger partial charge is 0.496 e. The van der Waals surface area contributed by atoms with Gasteiger partial charge in [0.1, 0.15) is 17.1 Å². The van der Waals surface area contributed by atoms with Crippen LogP contribution in [-0.2, 0) is 6.42 Å². The molecule has 0 N–H and O–H groups in total. The fraction of sp³-hybridized carbons (Fsp3) is 0.800. The van der Waals surface area contributed by atoms with Gasteiger partial charge in [-0.3, -0.25) is 0 Å². The van der Waals surface area contributed by atoms with Crippen LogP contribution in [0.5, 0.6) is 11.5 Å². The Hall–Kier alpha value is -1.18. The molecule has 2 rings (SSSR count). The van der Waals surface area contributed by atoms with Crippen LogP contribution in [0.25, 0.3) is 0 Å². The highest BCUT2D eigenvalue weighted by molar-refractivity contribution is 5.58. The van der Waals surface area contributed by atoms with Gasteiger partial charge < -0.3 is 9.47 Å². The van der Waals surface area contributed by atoms with Crippen LogP contribution < -0.4 is 9.47 Å². The van der Waals surface area contributed by atoms with Gasteiger partial charge >= 0.3 is 0 Å². The summed E-state index contributed by atoms with van der Waals surface area (Å²) in [6.45, 7) is 18.4. The van der Waals surface area contributed by atoms with Gasteiger partial charge in [-0.2, -0.15) is 0 Å². The summed E-state index contributed by atoms with van der Waals surface area (Å²) in [4.78, 5) is 0. The summed E-state index contributed by atoms with van der Waals surface area (Å²) in [5, 5.41) is 0. The van der Waals surface area contributed by atoms with Gasteiger partial charge in [-0.25, -0.2) is 0 Å². The molecular weight excluding hydrogens is 392 g/mol. The first-order chi connectivity index (χ1) is 15.1. The predicted molar refractivity (Wildman–Crippen MR) is 139 cm³/mol. The number of methoxy groups -OCH3 is 1. The van der Waals surface area contributed by atoms with Crippen LogP contribution in [0.2, 0.25) is 0 Å². The zero-order chi connectivity index (χ0) is 23.9. The Bertz CT molecular complexity index is 720. The standard InChI is InChI=1S/C30H52O2/c1-21(2)13-10-14-22(3)15-11-16-23(4)17-12-19-30(8)20-18-27-26(7)28(31-9)24(5)25(6)29(27)32-30/h21-23H,10-20H2,1-9H3/t22?,23-,30-/m1/s1. The molecule has 1 aliphatic heterocycles. The Kier molecular flexibility index (Phi) is 10.4. The molecule has 0 saturated carbocycles. The zero-order valence-electron chi connectivity index (χ0n) is 22.8. The number of rotatable bonds is 13. The van der Waals surface area contributed by atoms with Gasteiger partial charge in [0.2, 0.25) is 0 Å². The molecule has 0 spiro atoms. The summed E-state index contributed by atoms with van der Waals surface area (Å²) in [6, 6.07) is 0. The lowest BCUT2D eigenvalue weighted by Gasteiger charge is -2.38. The minimum Gasteiger partial charge on any atom is -0.496 e. The van der Waals surface area contributed by atoms with Crippen LogP contribution in [0.15, 0.2) is 0 Å². The van der Waals surface area contributed by atoms with Crippen molar-refractivity contribution in [2.45, 2.75) is 132 Å². The normalized spacial score (nSPS) is 20.1. The summed E-state index contributed by atoms with van der Waals surface area (Å²) in [6.07, 6.45) is 14.3. The lowest BCUT2D eigenvalue weighted by molar-refractivity contribution is 0.0512. The molecule has 0 radical (unpaired) electrons. The molecule has 1 heterocycles. The topological polar surface area (TPSA) is 18.5 Å². The van der Waals surface area contributed by atoms with Crippen LogP contribution in [0.3, 0.4) is 0 Å². The third-order valence-electron chi connectivity index (χ3n) is 8.04. The van der Waals surface area contributed by atoms with E-state index in [9.17, 15) is 0 Å². The maximum absolute atomic E-state index is 6.70. The number of fused-ring (bicyclic) bond motifs is 1. The first kappa shape index (κ1) is 27.1. The van der Waals surface area contributed by atoms with Crippen LogP contribution in [0.1, 0.15) is 121 Å². The Balaban J connectivity index is 1.77. The molecule has 1 aliphatic rings. The lowest BCUT2D eigenvalue weighted by atomic mass is 9.83. The van der Waals surface area contributed by atoms with E-state index in [1.54, 1.807) is 7.11 Å². The Labute approximate surface area is 199 Å². The maximum Gasteiger partial charge on any atom is 0.127 e. The average molecular weight is 445 g/mol. The van der Waals surface area contributed by atoms with Crippen molar-refractivity contribution < 1.29 is 9.47 Å². The minimum absolute atomic E-state index is 0.0319. The number of hydrogen-bond acceptors (Lipinski definition) is 2. The molecule has 1 unspecified atom stereocenters. The zero-order valence-corrected chi connectivity index (χ0v) is 22.8. The quantitative estimate of drug-likeness (QED) is 0.302. The van der Waals surface area contributed by atoms with Crippen LogP contribution in [0.4, 0.5) is 0 Å². The molecule has 2 heteroatoms. The number of hydrogen-bond donors (Lipinski definition) is 0. The fourth-order valence-electron chi connectivity index (χ4n) is 5.57. The molecule has 0 amide bonds. The van der Waals surface area contributed by atoms with E-state index < -0.39 is 0 Å². The predicted octanol–water partition coefficient (Wildman–Crippen LogP) is 9.14.